The molecule has 2 unspecified atom stereocenters. The Labute approximate surface area is 113 Å². The van der Waals surface area contributed by atoms with E-state index in [1.54, 1.807) is 0 Å². The predicted molar refractivity (Wildman–Crippen MR) is 77.9 cm³/mol. The first kappa shape index (κ1) is 17.9. The molecule has 0 spiro atoms. The lowest BCUT2D eigenvalue weighted by molar-refractivity contribution is 0.0800. The zero-order valence-electron chi connectivity index (χ0n) is 12.7. The number of nitrogens with one attached hydrogen (secondary N) is 1. The van der Waals surface area contributed by atoms with Crippen molar-refractivity contribution in [2.75, 3.05) is 19.8 Å². The summed E-state index contributed by atoms with van der Waals surface area (Å²) in [5, 5.41) is 12.6. The summed E-state index contributed by atoms with van der Waals surface area (Å²) in [7, 11) is 0. The summed E-state index contributed by atoms with van der Waals surface area (Å²) in [5.41, 5.74) is 0. The van der Waals surface area contributed by atoms with Crippen molar-refractivity contribution in [3.63, 3.8) is 0 Å². The molecule has 110 valence electrons. The molecule has 3 heteroatoms. The van der Waals surface area contributed by atoms with Gasteiger partial charge < -0.3 is 15.2 Å². The number of hydrogen-bond donors (Lipinski definition) is 2. The second-order valence-corrected chi connectivity index (χ2v) is 5.48. The maximum absolute atomic E-state index is 9.23. The number of unbranched alkanes of at least 4 members (excludes halogenated alkanes) is 1. The highest BCUT2D eigenvalue weighted by Gasteiger charge is 2.10. The van der Waals surface area contributed by atoms with Gasteiger partial charge in [-0.25, -0.2) is 0 Å². The van der Waals surface area contributed by atoms with Crippen LogP contribution in [0.25, 0.3) is 0 Å². The van der Waals surface area contributed by atoms with Gasteiger partial charge in [0.05, 0.1) is 6.61 Å². The van der Waals surface area contributed by atoms with Gasteiger partial charge in [-0.1, -0.05) is 47.0 Å². The third-order valence-corrected chi connectivity index (χ3v) is 3.30. The molecule has 2 atom stereocenters. The van der Waals surface area contributed by atoms with Crippen LogP contribution in [-0.2, 0) is 4.74 Å². The minimum Gasteiger partial charge on any atom is -0.395 e. The van der Waals surface area contributed by atoms with Crippen molar-refractivity contribution in [3.05, 3.63) is 0 Å². The van der Waals surface area contributed by atoms with Gasteiger partial charge in [0.1, 0.15) is 0 Å². The molecule has 0 saturated carbocycles. The normalized spacial score (nSPS) is 15.0. The van der Waals surface area contributed by atoms with Crippen LogP contribution < -0.4 is 5.32 Å². The molecule has 0 rings (SSSR count). The first-order valence-electron chi connectivity index (χ1n) is 7.58. The van der Waals surface area contributed by atoms with E-state index in [-0.39, 0.29) is 12.6 Å². The molecule has 0 aliphatic heterocycles. The topological polar surface area (TPSA) is 41.5 Å². The second-order valence-electron chi connectivity index (χ2n) is 5.48. The Kier molecular flexibility index (Phi) is 11.9. The predicted octanol–water partition coefficient (Wildman–Crippen LogP) is 2.97. The van der Waals surface area contributed by atoms with E-state index in [0.717, 1.165) is 19.6 Å². The van der Waals surface area contributed by atoms with Gasteiger partial charge in [-0.05, 0) is 18.8 Å². The number of rotatable bonds is 12. The number of ether oxygens (including phenoxy) is 1. The van der Waals surface area contributed by atoms with E-state index in [0.29, 0.717) is 12.0 Å². The minimum absolute atomic E-state index is 0.167. The molecule has 0 amide bonds. The van der Waals surface area contributed by atoms with Gasteiger partial charge in [0.2, 0.25) is 0 Å². The van der Waals surface area contributed by atoms with Crippen molar-refractivity contribution < 1.29 is 9.84 Å². The molecule has 0 heterocycles. The molecule has 18 heavy (non-hydrogen) atoms. The van der Waals surface area contributed by atoms with Crippen LogP contribution in [0.1, 0.15) is 59.8 Å². The van der Waals surface area contributed by atoms with Gasteiger partial charge in [-0.3, -0.25) is 0 Å². The Morgan fingerprint density at radius 1 is 1.17 bits per heavy atom. The van der Waals surface area contributed by atoms with E-state index in [9.17, 15) is 5.11 Å². The molecule has 0 aromatic rings. The lowest BCUT2D eigenvalue weighted by Crippen LogP contribution is -2.38. The van der Waals surface area contributed by atoms with Gasteiger partial charge in [0, 0.05) is 25.3 Å². The van der Waals surface area contributed by atoms with Crippen LogP contribution in [0.5, 0.6) is 0 Å². The SMILES string of the molecule is CCCCC(CC)COCCC(CO)NC(C)C. The lowest BCUT2D eigenvalue weighted by Gasteiger charge is -2.20. The van der Waals surface area contributed by atoms with Crippen LogP contribution in [0.2, 0.25) is 0 Å². The fraction of sp³-hybridized carbons (Fsp3) is 1.00. The van der Waals surface area contributed by atoms with Crippen molar-refractivity contribution >= 4 is 0 Å². The van der Waals surface area contributed by atoms with Crippen molar-refractivity contribution in [1.29, 1.82) is 0 Å². The highest BCUT2D eigenvalue weighted by Crippen LogP contribution is 2.13. The van der Waals surface area contributed by atoms with Crippen LogP contribution >= 0.6 is 0 Å². The Morgan fingerprint density at radius 3 is 2.39 bits per heavy atom. The quantitative estimate of drug-likeness (QED) is 0.529. The zero-order chi connectivity index (χ0) is 13.8. The fourth-order valence-corrected chi connectivity index (χ4v) is 2.07. The van der Waals surface area contributed by atoms with Gasteiger partial charge in [0.15, 0.2) is 0 Å². The van der Waals surface area contributed by atoms with Gasteiger partial charge >= 0.3 is 0 Å². The Hall–Kier alpha value is -0.120. The molecule has 0 saturated heterocycles. The first-order valence-corrected chi connectivity index (χ1v) is 7.58. The van der Waals surface area contributed by atoms with E-state index in [1.165, 1.54) is 25.7 Å². The zero-order valence-corrected chi connectivity index (χ0v) is 12.7. The van der Waals surface area contributed by atoms with Crippen molar-refractivity contribution in [2.24, 2.45) is 5.92 Å². The van der Waals surface area contributed by atoms with Gasteiger partial charge in [0.25, 0.3) is 0 Å². The number of aliphatic hydroxyl groups excluding tert-OH is 1. The monoisotopic (exact) mass is 259 g/mol. The summed E-state index contributed by atoms with van der Waals surface area (Å²) in [6.07, 6.45) is 5.94. The molecule has 0 aliphatic carbocycles. The van der Waals surface area contributed by atoms with Crippen LogP contribution in [0, 0.1) is 5.92 Å². The molecule has 0 fully saturated rings. The number of aliphatic hydroxyl groups is 1. The van der Waals surface area contributed by atoms with Crippen molar-refractivity contribution in [2.45, 2.75) is 71.9 Å². The molecule has 0 radical (unpaired) electrons. The Morgan fingerprint density at radius 2 is 1.89 bits per heavy atom. The number of hydrogen-bond acceptors (Lipinski definition) is 3. The average Bonchev–Trinajstić information content (AvgIpc) is 2.36. The second kappa shape index (κ2) is 11.9. The van der Waals surface area contributed by atoms with Crippen LogP contribution in [0.4, 0.5) is 0 Å². The highest BCUT2D eigenvalue weighted by molar-refractivity contribution is 4.67. The van der Waals surface area contributed by atoms with Crippen LogP contribution in [-0.4, -0.2) is 37.0 Å². The molecule has 0 aromatic heterocycles. The minimum atomic E-state index is 0.167. The molecular weight excluding hydrogens is 226 g/mol. The van der Waals surface area contributed by atoms with Gasteiger partial charge in [-0.15, -0.1) is 0 Å². The summed E-state index contributed by atoms with van der Waals surface area (Å²) in [4.78, 5) is 0. The Bertz CT molecular complexity index is 174. The molecule has 0 bridgehead atoms. The van der Waals surface area contributed by atoms with E-state index in [1.807, 2.05) is 0 Å². The summed E-state index contributed by atoms with van der Waals surface area (Å²) in [6, 6.07) is 0.579. The summed E-state index contributed by atoms with van der Waals surface area (Å²) < 4.78 is 5.75. The summed E-state index contributed by atoms with van der Waals surface area (Å²) in [6.45, 7) is 10.5. The maximum atomic E-state index is 9.23. The third kappa shape index (κ3) is 9.86. The van der Waals surface area contributed by atoms with Crippen LogP contribution in [0.15, 0.2) is 0 Å². The smallest absolute Gasteiger partial charge is 0.0585 e. The average molecular weight is 259 g/mol. The highest BCUT2D eigenvalue weighted by atomic mass is 16.5. The molecule has 3 nitrogen and oxygen atoms in total. The molecule has 2 N–H and O–H groups in total. The van der Waals surface area contributed by atoms with Crippen LogP contribution in [0.3, 0.4) is 0 Å². The van der Waals surface area contributed by atoms with E-state index in [4.69, 9.17) is 4.74 Å². The maximum Gasteiger partial charge on any atom is 0.0585 e. The Balaban J connectivity index is 3.62. The summed E-state index contributed by atoms with van der Waals surface area (Å²) in [5.74, 6) is 0.704. The standard InChI is InChI=1S/C15H33NO2/c1-5-7-8-14(6-2)12-18-10-9-15(11-17)16-13(3)4/h13-17H,5-12H2,1-4H3. The first-order chi connectivity index (χ1) is 8.63. The lowest BCUT2D eigenvalue weighted by atomic mass is 10.0. The molecule has 0 aliphatic rings. The van der Waals surface area contributed by atoms with E-state index < -0.39 is 0 Å². The van der Waals surface area contributed by atoms with Crippen molar-refractivity contribution in [3.8, 4) is 0 Å². The van der Waals surface area contributed by atoms with Crippen molar-refractivity contribution in [1.82, 2.24) is 5.32 Å². The summed E-state index contributed by atoms with van der Waals surface area (Å²) >= 11 is 0. The largest absolute Gasteiger partial charge is 0.395 e. The van der Waals surface area contributed by atoms with Gasteiger partial charge in [-0.2, -0.15) is 0 Å². The fourth-order valence-electron chi connectivity index (χ4n) is 2.07. The molecular formula is C15H33NO2. The van der Waals surface area contributed by atoms with E-state index >= 15 is 0 Å². The molecule has 0 aromatic carbocycles. The third-order valence-electron chi connectivity index (χ3n) is 3.30. The van der Waals surface area contributed by atoms with E-state index in [2.05, 4.69) is 33.0 Å².